The van der Waals surface area contributed by atoms with Gasteiger partial charge in [-0.05, 0) is 50.5 Å². The van der Waals surface area contributed by atoms with Gasteiger partial charge in [-0.1, -0.05) is 0 Å². The third kappa shape index (κ3) is 3.57. The van der Waals surface area contributed by atoms with Crippen molar-refractivity contribution in [3.63, 3.8) is 0 Å². The number of amides is 1. The van der Waals surface area contributed by atoms with E-state index < -0.39 is 0 Å². The molecule has 2 unspecified atom stereocenters. The molecule has 0 aromatic carbocycles. The van der Waals surface area contributed by atoms with Crippen molar-refractivity contribution in [1.29, 1.82) is 0 Å². The first-order valence-electron chi connectivity index (χ1n) is 9.33. The summed E-state index contributed by atoms with van der Waals surface area (Å²) in [5, 5.41) is 0. The Labute approximate surface area is 139 Å². The third-order valence-corrected chi connectivity index (χ3v) is 6.23. The van der Waals surface area contributed by atoms with Crippen LogP contribution in [0, 0.1) is 17.3 Å². The quantitative estimate of drug-likeness (QED) is 0.767. The highest BCUT2D eigenvalue weighted by molar-refractivity contribution is 5.82. The van der Waals surface area contributed by atoms with Crippen molar-refractivity contribution in [3.05, 3.63) is 0 Å². The van der Waals surface area contributed by atoms with E-state index in [1.165, 1.54) is 12.8 Å². The van der Waals surface area contributed by atoms with Crippen LogP contribution in [0.4, 0.5) is 0 Å². The number of carbonyl (C=O) groups excluding carboxylic acids is 1. The van der Waals surface area contributed by atoms with Crippen LogP contribution in [0.2, 0.25) is 0 Å². The van der Waals surface area contributed by atoms with E-state index in [0.29, 0.717) is 5.91 Å². The van der Waals surface area contributed by atoms with Gasteiger partial charge in [0.15, 0.2) is 0 Å². The summed E-state index contributed by atoms with van der Waals surface area (Å²) in [6.45, 7) is 6.13. The van der Waals surface area contributed by atoms with Crippen LogP contribution in [-0.2, 0) is 14.3 Å². The van der Waals surface area contributed by atoms with Crippen molar-refractivity contribution in [2.75, 3.05) is 53.0 Å². The van der Waals surface area contributed by atoms with Crippen LogP contribution in [-0.4, -0.2) is 74.9 Å². The number of likely N-dealkylation sites (N-methyl/N-ethyl adjacent to an activating group) is 1. The van der Waals surface area contributed by atoms with Crippen LogP contribution in [0.1, 0.15) is 32.1 Å². The zero-order chi connectivity index (χ0) is 15.9. The van der Waals surface area contributed by atoms with Crippen LogP contribution in [0.25, 0.3) is 0 Å². The lowest BCUT2D eigenvalue weighted by Gasteiger charge is -2.34. The van der Waals surface area contributed by atoms with Gasteiger partial charge in [0.2, 0.25) is 5.91 Å². The summed E-state index contributed by atoms with van der Waals surface area (Å²) in [5.41, 5.74) is 0.279. The van der Waals surface area contributed by atoms with Gasteiger partial charge in [-0.3, -0.25) is 4.79 Å². The normalized spacial score (nSPS) is 33.6. The molecule has 5 heteroatoms. The highest BCUT2D eigenvalue weighted by atomic mass is 16.5. The smallest absolute Gasteiger partial charge is 0.226 e. The Morgan fingerprint density at radius 3 is 2.70 bits per heavy atom. The van der Waals surface area contributed by atoms with E-state index in [2.05, 4.69) is 16.8 Å². The van der Waals surface area contributed by atoms with E-state index >= 15 is 0 Å². The lowest BCUT2D eigenvalue weighted by Crippen LogP contribution is -2.48. The molecular formula is C18H30N2O3. The molecule has 0 N–H and O–H groups in total. The van der Waals surface area contributed by atoms with Crippen LogP contribution >= 0.6 is 0 Å². The zero-order valence-electron chi connectivity index (χ0n) is 14.3. The average molecular weight is 322 g/mol. The maximum Gasteiger partial charge on any atom is 0.226 e. The molecule has 130 valence electrons. The zero-order valence-corrected chi connectivity index (χ0v) is 14.3. The van der Waals surface area contributed by atoms with Crippen molar-refractivity contribution in [3.8, 4) is 0 Å². The fourth-order valence-electron chi connectivity index (χ4n) is 4.34. The molecule has 2 aliphatic carbocycles. The van der Waals surface area contributed by atoms with Gasteiger partial charge < -0.3 is 19.3 Å². The van der Waals surface area contributed by atoms with Gasteiger partial charge in [0.1, 0.15) is 0 Å². The Bertz CT molecular complexity index is 446. The van der Waals surface area contributed by atoms with Crippen molar-refractivity contribution >= 4 is 5.91 Å². The molecule has 0 bridgehead atoms. The molecule has 5 nitrogen and oxygen atoms in total. The Morgan fingerprint density at radius 2 is 2.00 bits per heavy atom. The largest absolute Gasteiger partial charge is 0.381 e. The number of rotatable bonds is 5. The summed E-state index contributed by atoms with van der Waals surface area (Å²) in [6.07, 6.45) is 5.99. The van der Waals surface area contributed by atoms with Gasteiger partial charge in [-0.2, -0.15) is 0 Å². The lowest BCUT2D eigenvalue weighted by atomic mass is 9.93. The van der Waals surface area contributed by atoms with Gasteiger partial charge in [-0.15, -0.1) is 0 Å². The van der Waals surface area contributed by atoms with E-state index in [9.17, 15) is 4.79 Å². The molecule has 0 radical (unpaired) electrons. The predicted octanol–water partition coefficient (Wildman–Crippen LogP) is 1.37. The Kier molecular flexibility index (Phi) is 4.37. The van der Waals surface area contributed by atoms with Gasteiger partial charge >= 0.3 is 0 Å². The number of carbonyl (C=O) groups is 1. The second-order valence-corrected chi connectivity index (χ2v) is 8.17. The Morgan fingerprint density at radius 1 is 1.22 bits per heavy atom. The third-order valence-electron chi connectivity index (χ3n) is 6.23. The highest BCUT2D eigenvalue weighted by Crippen LogP contribution is 2.59. The Hall–Kier alpha value is -0.650. The minimum Gasteiger partial charge on any atom is -0.381 e. The molecule has 2 aliphatic heterocycles. The summed E-state index contributed by atoms with van der Waals surface area (Å²) in [7, 11) is 2.14. The van der Waals surface area contributed by atoms with E-state index in [4.69, 9.17) is 9.47 Å². The van der Waals surface area contributed by atoms with Gasteiger partial charge in [0.05, 0.1) is 12.7 Å². The summed E-state index contributed by atoms with van der Waals surface area (Å²) < 4.78 is 11.4. The standard InChI is InChI=1S/C18H30N2O3/c1-19-6-9-23-15(12-19)13-20(11-14-2-3-14)17(21)16-10-18(16)4-7-22-8-5-18/h14-16H,2-13H2,1H3. The Balaban J connectivity index is 1.38. The van der Waals surface area contributed by atoms with E-state index in [1.807, 2.05) is 0 Å². The number of hydrogen-bond acceptors (Lipinski definition) is 4. The highest BCUT2D eigenvalue weighted by Gasteiger charge is 2.59. The topological polar surface area (TPSA) is 42.0 Å². The van der Waals surface area contributed by atoms with Gasteiger partial charge in [0, 0.05) is 45.3 Å². The van der Waals surface area contributed by atoms with Gasteiger partial charge in [-0.25, -0.2) is 0 Å². The number of ether oxygens (including phenoxy) is 2. The van der Waals surface area contributed by atoms with E-state index in [0.717, 1.165) is 71.2 Å². The molecule has 2 saturated heterocycles. The fraction of sp³-hybridized carbons (Fsp3) is 0.944. The molecule has 2 atom stereocenters. The second kappa shape index (κ2) is 6.34. The molecule has 23 heavy (non-hydrogen) atoms. The molecule has 0 aromatic rings. The molecule has 1 amide bonds. The second-order valence-electron chi connectivity index (χ2n) is 8.17. The molecule has 4 rings (SSSR count). The molecule has 4 aliphatic rings. The van der Waals surface area contributed by atoms with Crippen LogP contribution in [0.15, 0.2) is 0 Å². The van der Waals surface area contributed by atoms with E-state index in [-0.39, 0.29) is 17.4 Å². The number of morpholine rings is 1. The molecule has 2 heterocycles. The average Bonchev–Trinajstić information content (AvgIpc) is 3.46. The summed E-state index contributed by atoms with van der Waals surface area (Å²) >= 11 is 0. The minimum absolute atomic E-state index is 0.181. The first kappa shape index (κ1) is 15.9. The summed E-state index contributed by atoms with van der Waals surface area (Å²) in [6, 6.07) is 0. The lowest BCUT2D eigenvalue weighted by molar-refractivity contribution is -0.137. The first-order chi connectivity index (χ1) is 11.2. The summed E-state index contributed by atoms with van der Waals surface area (Å²) in [4.78, 5) is 17.6. The number of hydrogen-bond donors (Lipinski definition) is 0. The maximum atomic E-state index is 13.1. The molecule has 4 fully saturated rings. The van der Waals surface area contributed by atoms with Crippen molar-refractivity contribution in [2.24, 2.45) is 17.3 Å². The monoisotopic (exact) mass is 322 g/mol. The predicted molar refractivity (Wildman–Crippen MR) is 87.1 cm³/mol. The van der Waals surface area contributed by atoms with Gasteiger partial charge in [0.25, 0.3) is 0 Å². The van der Waals surface area contributed by atoms with Crippen molar-refractivity contribution < 1.29 is 14.3 Å². The van der Waals surface area contributed by atoms with Crippen LogP contribution in [0.3, 0.4) is 0 Å². The number of nitrogens with zero attached hydrogens (tertiary/aromatic N) is 2. The molecule has 2 saturated carbocycles. The first-order valence-corrected chi connectivity index (χ1v) is 9.33. The van der Waals surface area contributed by atoms with E-state index in [1.54, 1.807) is 0 Å². The summed E-state index contributed by atoms with van der Waals surface area (Å²) in [5.74, 6) is 1.40. The minimum atomic E-state index is 0.181. The maximum absolute atomic E-state index is 13.1. The molecule has 1 spiro atoms. The SMILES string of the molecule is CN1CCOC(CN(CC2CC2)C(=O)C2CC23CCOCC3)C1. The fourth-order valence-corrected chi connectivity index (χ4v) is 4.34. The van der Waals surface area contributed by atoms with Crippen LogP contribution < -0.4 is 0 Å². The van der Waals surface area contributed by atoms with Crippen LogP contribution in [0.5, 0.6) is 0 Å². The molecule has 0 aromatic heterocycles. The van der Waals surface area contributed by atoms with Crippen molar-refractivity contribution in [1.82, 2.24) is 9.80 Å². The molecular weight excluding hydrogens is 292 g/mol. The van der Waals surface area contributed by atoms with Crippen molar-refractivity contribution in [2.45, 2.75) is 38.2 Å².